The van der Waals surface area contributed by atoms with Gasteiger partial charge in [-0.05, 0) is 12.8 Å². The van der Waals surface area contributed by atoms with Crippen molar-refractivity contribution in [2.24, 2.45) is 5.41 Å². The molecule has 0 aliphatic rings. The molecular formula is C21H43NO. The Bertz CT molecular complexity index is 270. The Balaban J connectivity index is 4.17. The number of carbonyl (C=O) groups excluding carboxylic acids is 1. The molecule has 0 N–H and O–H groups in total. The van der Waals surface area contributed by atoms with Gasteiger partial charge in [-0.3, -0.25) is 4.79 Å². The van der Waals surface area contributed by atoms with Crippen LogP contribution in [0.15, 0.2) is 0 Å². The summed E-state index contributed by atoms with van der Waals surface area (Å²) in [6, 6.07) is 0. The molecule has 0 aromatic carbocycles. The van der Waals surface area contributed by atoms with Crippen LogP contribution in [-0.4, -0.2) is 24.9 Å². The SMILES string of the molecule is CCCCCCCCC(C)(CCCCCCCC)C(=O)N(C)C. The predicted molar refractivity (Wildman–Crippen MR) is 103 cm³/mol. The largest absolute Gasteiger partial charge is 0.348 e. The van der Waals surface area contributed by atoms with E-state index >= 15 is 0 Å². The maximum atomic E-state index is 12.6. The van der Waals surface area contributed by atoms with Crippen molar-refractivity contribution >= 4 is 5.91 Å². The number of amides is 1. The smallest absolute Gasteiger partial charge is 0.227 e. The van der Waals surface area contributed by atoms with E-state index in [0.29, 0.717) is 5.91 Å². The summed E-state index contributed by atoms with van der Waals surface area (Å²) in [5.74, 6) is 0.333. The minimum absolute atomic E-state index is 0.140. The molecule has 0 aromatic heterocycles. The highest BCUT2D eigenvalue weighted by Crippen LogP contribution is 2.33. The van der Waals surface area contributed by atoms with Crippen LogP contribution >= 0.6 is 0 Å². The molecule has 1 amide bonds. The van der Waals surface area contributed by atoms with Crippen molar-refractivity contribution in [3.8, 4) is 0 Å². The summed E-state index contributed by atoms with van der Waals surface area (Å²) in [5, 5.41) is 0. The lowest BCUT2D eigenvalue weighted by Crippen LogP contribution is -2.38. The molecule has 23 heavy (non-hydrogen) atoms. The van der Waals surface area contributed by atoms with Crippen molar-refractivity contribution in [3.05, 3.63) is 0 Å². The Morgan fingerprint density at radius 1 is 0.696 bits per heavy atom. The Morgan fingerprint density at radius 2 is 1.04 bits per heavy atom. The highest BCUT2D eigenvalue weighted by atomic mass is 16.2. The zero-order valence-corrected chi connectivity index (χ0v) is 16.8. The third-order valence-electron chi connectivity index (χ3n) is 5.09. The third-order valence-corrected chi connectivity index (χ3v) is 5.09. The van der Waals surface area contributed by atoms with Gasteiger partial charge in [0.05, 0.1) is 0 Å². The molecule has 0 saturated heterocycles. The number of unbranched alkanes of at least 4 members (excludes halogenated alkanes) is 10. The first-order valence-corrected chi connectivity index (χ1v) is 10.2. The van der Waals surface area contributed by atoms with Crippen molar-refractivity contribution in [2.75, 3.05) is 14.1 Å². The molecule has 138 valence electrons. The van der Waals surface area contributed by atoms with Crippen molar-refractivity contribution in [2.45, 2.75) is 111 Å². The summed E-state index contributed by atoms with van der Waals surface area (Å²) in [4.78, 5) is 14.4. The van der Waals surface area contributed by atoms with E-state index in [4.69, 9.17) is 0 Å². The summed E-state index contributed by atoms with van der Waals surface area (Å²) in [5.41, 5.74) is -0.140. The fourth-order valence-electron chi connectivity index (χ4n) is 3.47. The molecule has 0 aliphatic heterocycles. The van der Waals surface area contributed by atoms with Crippen molar-refractivity contribution < 1.29 is 4.79 Å². The van der Waals surface area contributed by atoms with E-state index in [9.17, 15) is 4.79 Å². The van der Waals surface area contributed by atoms with Gasteiger partial charge in [-0.2, -0.15) is 0 Å². The van der Waals surface area contributed by atoms with E-state index in [1.54, 1.807) is 4.90 Å². The molecule has 0 fully saturated rings. The van der Waals surface area contributed by atoms with Gasteiger partial charge in [-0.1, -0.05) is 97.8 Å². The molecule has 0 spiro atoms. The maximum absolute atomic E-state index is 12.6. The highest BCUT2D eigenvalue weighted by Gasteiger charge is 2.33. The second-order valence-electron chi connectivity index (χ2n) is 7.80. The molecule has 0 aromatic rings. The first-order chi connectivity index (χ1) is 11.0. The lowest BCUT2D eigenvalue weighted by molar-refractivity contribution is -0.139. The van der Waals surface area contributed by atoms with Gasteiger partial charge in [0, 0.05) is 19.5 Å². The topological polar surface area (TPSA) is 20.3 Å². The Labute approximate surface area is 146 Å². The number of carbonyl (C=O) groups is 1. The highest BCUT2D eigenvalue weighted by molar-refractivity contribution is 5.81. The molecule has 2 heteroatoms. The zero-order chi connectivity index (χ0) is 17.6. The van der Waals surface area contributed by atoms with Crippen molar-refractivity contribution in [3.63, 3.8) is 0 Å². The molecule has 2 nitrogen and oxygen atoms in total. The zero-order valence-electron chi connectivity index (χ0n) is 16.8. The van der Waals surface area contributed by atoms with Gasteiger partial charge in [0.25, 0.3) is 0 Å². The van der Waals surface area contributed by atoms with Crippen LogP contribution in [0, 0.1) is 5.41 Å². The molecule has 0 atom stereocenters. The predicted octanol–water partition coefficient (Wildman–Crippen LogP) is 6.58. The summed E-state index contributed by atoms with van der Waals surface area (Å²) < 4.78 is 0. The normalized spacial score (nSPS) is 11.7. The van der Waals surface area contributed by atoms with E-state index in [-0.39, 0.29) is 5.41 Å². The van der Waals surface area contributed by atoms with E-state index in [0.717, 1.165) is 12.8 Å². The second kappa shape index (κ2) is 13.9. The van der Waals surface area contributed by atoms with Gasteiger partial charge in [-0.25, -0.2) is 0 Å². The molecule has 0 aliphatic carbocycles. The van der Waals surface area contributed by atoms with Gasteiger partial charge in [0.15, 0.2) is 0 Å². The minimum atomic E-state index is -0.140. The van der Waals surface area contributed by atoms with Gasteiger partial charge in [0.2, 0.25) is 5.91 Å². The van der Waals surface area contributed by atoms with Gasteiger partial charge >= 0.3 is 0 Å². The molecule has 0 rings (SSSR count). The second-order valence-corrected chi connectivity index (χ2v) is 7.80. The van der Waals surface area contributed by atoms with Crippen LogP contribution < -0.4 is 0 Å². The van der Waals surface area contributed by atoms with E-state index in [1.165, 1.54) is 77.0 Å². The van der Waals surface area contributed by atoms with Crippen molar-refractivity contribution in [1.82, 2.24) is 4.90 Å². The van der Waals surface area contributed by atoms with Gasteiger partial charge < -0.3 is 4.90 Å². The fourth-order valence-corrected chi connectivity index (χ4v) is 3.47. The molecule has 0 heterocycles. The summed E-state index contributed by atoms with van der Waals surface area (Å²) >= 11 is 0. The molecule has 0 saturated carbocycles. The first kappa shape index (κ1) is 22.5. The van der Waals surface area contributed by atoms with Crippen LogP contribution in [0.3, 0.4) is 0 Å². The Morgan fingerprint density at radius 3 is 1.39 bits per heavy atom. The molecule has 0 bridgehead atoms. The minimum Gasteiger partial charge on any atom is -0.348 e. The average molecular weight is 326 g/mol. The van der Waals surface area contributed by atoms with Crippen LogP contribution in [0.4, 0.5) is 0 Å². The van der Waals surface area contributed by atoms with E-state index < -0.39 is 0 Å². The van der Waals surface area contributed by atoms with Crippen LogP contribution in [0.5, 0.6) is 0 Å². The summed E-state index contributed by atoms with van der Waals surface area (Å²) in [6.45, 7) is 6.72. The number of hydrogen-bond donors (Lipinski definition) is 0. The van der Waals surface area contributed by atoms with Crippen LogP contribution in [-0.2, 0) is 4.79 Å². The monoisotopic (exact) mass is 325 g/mol. The van der Waals surface area contributed by atoms with Crippen molar-refractivity contribution in [1.29, 1.82) is 0 Å². The van der Waals surface area contributed by atoms with E-state index in [2.05, 4.69) is 20.8 Å². The quantitative estimate of drug-likeness (QED) is 0.311. The lowest BCUT2D eigenvalue weighted by Gasteiger charge is -2.31. The number of rotatable bonds is 15. The first-order valence-electron chi connectivity index (χ1n) is 10.2. The fraction of sp³-hybridized carbons (Fsp3) is 0.952. The third kappa shape index (κ3) is 10.8. The maximum Gasteiger partial charge on any atom is 0.227 e. The lowest BCUT2D eigenvalue weighted by atomic mass is 9.78. The molecular weight excluding hydrogens is 282 g/mol. The van der Waals surface area contributed by atoms with Crippen LogP contribution in [0.1, 0.15) is 111 Å². The Kier molecular flexibility index (Phi) is 13.5. The van der Waals surface area contributed by atoms with Crippen LogP contribution in [0.2, 0.25) is 0 Å². The van der Waals surface area contributed by atoms with Gasteiger partial charge in [0.1, 0.15) is 0 Å². The number of hydrogen-bond acceptors (Lipinski definition) is 1. The molecule has 0 unspecified atom stereocenters. The standard InChI is InChI=1S/C21H43NO/c1-6-8-10-12-14-16-18-21(3,20(23)22(4)5)19-17-15-13-11-9-7-2/h6-19H2,1-5H3. The molecule has 0 radical (unpaired) electrons. The average Bonchev–Trinajstić information content (AvgIpc) is 2.53. The summed E-state index contributed by atoms with van der Waals surface area (Å²) in [6.07, 6.45) is 17.8. The number of nitrogens with zero attached hydrogens (tertiary/aromatic N) is 1. The Hall–Kier alpha value is -0.530. The van der Waals surface area contributed by atoms with Gasteiger partial charge in [-0.15, -0.1) is 0 Å². The summed E-state index contributed by atoms with van der Waals surface area (Å²) in [7, 11) is 3.81. The van der Waals surface area contributed by atoms with E-state index in [1.807, 2.05) is 14.1 Å². The van der Waals surface area contributed by atoms with Crippen LogP contribution in [0.25, 0.3) is 0 Å².